The van der Waals surface area contributed by atoms with E-state index in [0.29, 0.717) is 11.7 Å². The molecule has 80 valence electrons. The van der Waals surface area contributed by atoms with Crippen LogP contribution in [0.1, 0.15) is 29.9 Å². The zero-order valence-electron chi connectivity index (χ0n) is 9.11. The van der Waals surface area contributed by atoms with Gasteiger partial charge in [0.15, 0.2) is 0 Å². The zero-order valence-corrected chi connectivity index (χ0v) is 9.11. The van der Waals surface area contributed by atoms with Crippen molar-refractivity contribution in [3.63, 3.8) is 0 Å². The molecule has 1 aromatic rings. The summed E-state index contributed by atoms with van der Waals surface area (Å²) in [5.41, 5.74) is 2.85. The van der Waals surface area contributed by atoms with Crippen molar-refractivity contribution in [2.75, 3.05) is 13.6 Å². The van der Waals surface area contributed by atoms with Crippen LogP contribution in [-0.4, -0.2) is 29.6 Å². The number of hydrogen-bond donors (Lipinski definition) is 1. The van der Waals surface area contributed by atoms with E-state index in [2.05, 4.69) is 18.0 Å². The Kier molecular flexibility index (Phi) is 1.99. The molecule has 2 nitrogen and oxygen atoms in total. The predicted octanol–water partition coefficient (Wildman–Crippen LogP) is 2.13. The molecular formula is C13H17NO. The number of hydrogen-bond acceptors (Lipinski definition) is 2. The molecule has 2 bridgehead atoms. The number of fused-ring (bicyclic) bond motifs is 4. The maximum absolute atomic E-state index is 9.53. The third-order valence-corrected chi connectivity index (χ3v) is 4.04. The lowest BCUT2D eigenvalue weighted by Crippen LogP contribution is -2.43. The molecule has 0 aromatic heterocycles. The van der Waals surface area contributed by atoms with Crippen LogP contribution in [-0.2, 0) is 6.42 Å². The molecule has 2 aliphatic rings. The highest BCUT2D eigenvalue weighted by Gasteiger charge is 2.33. The summed E-state index contributed by atoms with van der Waals surface area (Å²) in [4.78, 5) is 2.48. The smallest absolute Gasteiger partial charge is 0.115 e. The number of likely N-dealkylation sites (N-methyl/N-ethyl adjacent to an activating group) is 1. The molecular weight excluding hydrogens is 186 g/mol. The quantitative estimate of drug-likeness (QED) is 0.698. The normalized spacial score (nSPS) is 29.9. The van der Waals surface area contributed by atoms with Crippen LogP contribution in [0.4, 0.5) is 0 Å². The van der Waals surface area contributed by atoms with Gasteiger partial charge in [-0.25, -0.2) is 0 Å². The molecule has 2 heteroatoms. The van der Waals surface area contributed by atoms with Crippen molar-refractivity contribution < 1.29 is 5.11 Å². The number of rotatable bonds is 0. The van der Waals surface area contributed by atoms with Crippen LogP contribution in [0.25, 0.3) is 0 Å². The van der Waals surface area contributed by atoms with E-state index >= 15 is 0 Å². The highest BCUT2D eigenvalue weighted by atomic mass is 16.3. The summed E-state index contributed by atoms with van der Waals surface area (Å²) < 4.78 is 0. The Morgan fingerprint density at radius 1 is 1.40 bits per heavy atom. The zero-order chi connectivity index (χ0) is 10.4. The van der Waals surface area contributed by atoms with Crippen LogP contribution in [0.15, 0.2) is 18.2 Å². The molecule has 0 radical (unpaired) electrons. The fourth-order valence-electron chi connectivity index (χ4n) is 3.09. The van der Waals surface area contributed by atoms with Crippen LogP contribution in [0.3, 0.4) is 0 Å². The number of likely N-dealkylation sites (tertiary alicyclic amines) is 1. The fraction of sp³-hybridized carbons (Fsp3) is 0.538. The summed E-state index contributed by atoms with van der Waals surface area (Å²) in [6.45, 7) is 1.20. The molecule has 1 saturated heterocycles. The van der Waals surface area contributed by atoms with Gasteiger partial charge in [-0.05, 0) is 62.0 Å². The highest BCUT2D eigenvalue weighted by molar-refractivity contribution is 5.40. The number of aromatic hydroxyl groups is 1. The van der Waals surface area contributed by atoms with E-state index < -0.39 is 0 Å². The Labute approximate surface area is 90.5 Å². The molecule has 1 aromatic carbocycles. The lowest BCUT2D eigenvalue weighted by molar-refractivity contribution is 0.157. The third-order valence-electron chi connectivity index (χ3n) is 4.04. The molecule has 0 spiro atoms. The van der Waals surface area contributed by atoms with Crippen molar-refractivity contribution in [1.82, 2.24) is 4.90 Å². The molecule has 2 atom stereocenters. The van der Waals surface area contributed by atoms with E-state index in [4.69, 9.17) is 0 Å². The van der Waals surface area contributed by atoms with Gasteiger partial charge in [-0.15, -0.1) is 0 Å². The van der Waals surface area contributed by atoms with Gasteiger partial charge >= 0.3 is 0 Å². The van der Waals surface area contributed by atoms with Gasteiger partial charge in [-0.3, -0.25) is 0 Å². The van der Waals surface area contributed by atoms with Gasteiger partial charge in [0, 0.05) is 6.04 Å². The summed E-state index contributed by atoms with van der Waals surface area (Å²) in [5, 5.41) is 9.53. The molecule has 0 saturated carbocycles. The predicted molar refractivity (Wildman–Crippen MR) is 60.2 cm³/mol. The molecule has 1 fully saturated rings. The molecule has 3 rings (SSSR count). The largest absolute Gasteiger partial charge is 0.508 e. The Hall–Kier alpha value is -1.02. The summed E-state index contributed by atoms with van der Waals surface area (Å²) >= 11 is 0. The van der Waals surface area contributed by atoms with Crippen LogP contribution in [0, 0.1) is 0 Å². The van der Waals surface area contributed by atoms with Crippen LogP contribution in [0.2, 0.25) is 0 Å². The lowest BCUT2D eigenvalue weighted by Gasteiger charge is -2.42. The topological polar surface area (TPSA) is 23.5 Å². The van der Waals surface area contributed by atoms with Gasteiger partial charge in [0.25, 0.3) is 0 Å². The summed E-state index contributed by atoms with van der Waals surface area (Å²) in [7, 11) is 2.23. The van der Waals surface area contributed by atoms with Crippen molar-refractivity contribution in [1.29, 1.82) is 0 Å². The van der Waals surface area contributed by atoms with Crippen molar-refractivity contribution in [3.05, 3.63) is 29.3 Å². The minimum Gasteiger partial charge on any atom is -0.508 e. The molecule has 1 heterocycles. The first kappa shape index (κ1) is 9.22. The summed E-state index contributed by atoms with van der Waals surface area (Å²) in [5.74, 6) is 1.10. The Bertz CT molecular complexity index is 388. The summed E-state index contributed by atoms with van der Waals surface area (Å²) in [6, 6.07) is 6.62. The number of piperidine rings is 1. The van der Waals surface area contributed by atoms with Gasteiger partial charge in [0.2, 0.25) is 0 Å². The van der Waals surface area contributed by atoms with Gasteiger partial charge < -0.3 is 10.0 Å². The van der Waals surface area contributed by atoms with Gasteiger partial charge in [0.1, 0.15) is 5.75 Å². The molecule has 1 N–H and O–H groups in total. The second-order valence-electron chi connectivity index (χ2n) is 4.94. The Balaban J connectivity index is 2.03. The van der Waals surface area contributed by atoms with E-state index in [9.17, 15) is 5.11 Å². The average molecular weight is 203 g/mol. The molecule has 1 aliphatic heterocycles. The summed E-state index contributed by atoms with van der Waals surface area (Å²) in [6.07, 6.45) is 3.67. The van der Waals surface area contributed by atoms with Gasteiger partial charge in [-0.2, -0.15) is 0 Å². The van der Waals surface area contributed by atoms with E-state index in [1.165, 1.54) is 30.5 Å². The number of phenols is 1. The van der Waals surface area contributed by atoms with Crippen LogP contribution < -0.4 is 0 Å². The standard InChI is InChI=1S/C13H17NO/c1-14-5-4-10-7-11(14)6-9-2-3-12(15)8-13(9)10/h2-3,8,10-11,15H,4-7H2,1H3/t10-,11?/m1/s1. The molecule has 1 unspecified atom stereocenters. The number of phenolic OH excluding ortho intramolecular Hbond substituents is 1. The van der Waals surface area contributed by atoms with Crippen molar-refractivity contribution in [2.45, 2.75) is 31.2 Å². The fourth-order valence-corrected chi connectivity index (χ4v) is 3.09. The van der Waals surface area contributed by atoms with E-state index in [0.717, 1.165) is 12.5 Å². The van der Waals surface area contributed by atoms with Gasteiger partial charge in [-0.1, -0.05) is 6.07 Å². The molecule has 0 amide bonds. The van der Waals surface area contributed by atoms with E-state index in [1.807, 2.05) is 12.1 Å². The Morgan fingerprint density at radius 2 is 2.27 bits per heavy atom. The average Bonchev–Trinajstić information content (AvgIpc) is 2.24. The first-order valence-corrected chi connectivity index (χ1v) is 5.76. The lowest BCUT2D eigenvalue weighted by atomic mass is 9.75. The van der Waals surface area contributed by atoms with E-state index in [-0.39, 0.29) is 0 Å². The maximum atomic E-state index is 9.53. The maximum Gasteiger partial charge on any atom is 0.115 e. The van der Waals surface area contributed by atoms with Crippen molar-refractivity contribution >= 4 is 0 Å². The minimum absolute atomic E-state index is 0.422. The van der Waals surface area contributed by atoms with Crippen LogP contribution >= 0.6 is 0 Å². The van der Waals surface area contributed by atoms with Gasteiger partial charge in [0.05, 0.1) is 0 Å². The first-order chi connectivity index (χ1) is 7.24. The SMILES string of the molecule is CN1CC[C@@H]2CC1Cc1ccc(O)cc12. The monoisotopic (exact) mass is 203 g/mol. The Morgan fingerprint density at radius 3 is 3.13 bits per heavy atom. The second kappa shape index (κ2) is 3.24. The highest BCUT2D eigenvalue weighted by Crippen LogP contribution is 2.40. The molecule has 1 aliphatic carbocycles. The van der Waals surface area contributed by atoms with E-state index in [1.54, 1.807) is 0 Å². The number of benzene rings is 1. The van der Waals surface area contributed by atoms with Crippen molar-refractivity contribution in [3.8, 4) is 5.75 Å². The minimum atomic E-state index is 0.422. The van der Waals surface area contributed by atoms with Crippen molar-refractivity contribution in [2.24, 2.45) is 0 Å². The van der Waals surface area contributed by atoms with Crippen LogP contribution in [0.5, 0.6) is 5.75 Å². The first-order valence-electron chi connectivity index (χ1n) is 5.76. The number of nitrogens with zero attached hydrogens (tertiary/aromatic N) is 1. The molecule has 15 heavy (non-hydrogen) atoms. The second-order valence-corrected chi connectivity index (χ2v) is 4.94. The third kappa shape index (κ3) is 1.44.